The Bertz CT molecular complexity index is 575. The predicted molar refractivity (Wildman–Crippen MR) is 90.2 cm³/mol. The number of urea groups is 1. The number of ether oxygens (including phenoxy) is 1. The van der Waals surface area contributed by atoms with Gasteiger partial charge in [-0.25, -0.2) is 9.59 Å². The first-order chi connectivity index (χ1) is 11.0. The van der Waals surface area contributed by atoms with Crippen molar-refractivity contribution in [1.29, 1.82) is 0 Å². The number of nitrogens with zero attached hydrogens (tertiary/aromatic N) is 1. The van der Waals surface area contributed by atoms with Crippen molar-refractivity contribution >= 4 is 41.0 Å². The predicted octanol–water partition coefficient (Wildman–Crippen LogP) is 3.74. The lowest BCUT2D eigenvalue weighted by molar-refractivity contribution is 0.0959. The lowest BCUT2D eigenvalue weighted by Crippen LogP contribution is -2.47. The van der Waals surface area contributed by atoms with Gasteiger partial charge in [0.05, 0.1) is 22.3 Å². The Kier molecular flexibility index (Phi) is 6.36. The van der Waals surface area contributed by atoms with E-state index in [2.05, 4.69) is 10.6 Å². The van der Waals surface area contributed by atoms with Gasteiger partial charge in [0.15, 0.2) is 0 Å². The van der Waals surface area contributed by atoms with Gasteiger partial charge >= 0.3 is 12.1 Å². The number of amides is 3. The van der Waals surface area contributed by atoms with Crippen molar-refractivity contribution in [2.45, 2.75) is 25.8 Å². The number of carbonyl (C=O) groups excluding carboxylic acids is 2. The van der Waals surface area contributed by atoms with Gasteiger partial charge in [-0.3, -0.25) is 0 Å². The molecule has 0 bridgehead atoms. The van der Waals surface area contributed by atoms with Crippen LogP contribution in [0.25, 0.3) is 0 Å². The van der Waals surface area contributed by atoms with E-state index in [1.807, 2.05) is 0 Å². The zero-order valence-corrected chi connectivity index (χ0v) is 14.3. The second-order valence-corrected chi connectivity index (χ2v) is 5.95. The van der Waals surface area contributed by atoms with Gasteiger partial charge in [0.25, 0.3) is 0 Å². The summed E-state index contributed by atoms with van der Waals surface area (Å²) in [5.41, 5.74) is 0.459. The summed E-state index contributed by atoms with van der Waals surface area (Å²) < 4.78 is 4.96. The first kappa shape index (κ1) is 17.7. The zero-order chi connectivity index (χ0) is 16.8. The summed E-state index contributed by atoms with van der Waals surface area (Å²) in [4.78, 5) is 25.3. The fourth-order valence-corrected chi connectivity index (χ4v) is 2.71. The molecule has 0 saturated carbocycles. The van der Waals surface area contributed by atoms with Gasteiger partial charge in [-0.1, -0.05) is 29.3 Å². The maximum Gasteiger partial charge on any atom is 0.409 e. The minimum absolute atomic E-state index is 0.00126. The van der Waals surface area contributed by atoms with E-state index in [1.165, 1.54) is 0 Å². The van der Waals surface area contributed by atoms with Crippen LogP contribution in [0.15, 0.2) is 18.2 Å². The van der Waals surface area contributed by atoms with Gasteiger partial charge in [-0.15, -0.1) is 0 Å². The lowest BCUT2D eigenvalue weighted by Gasteiger charge is -2.31. The Morgan fingerprint density at radius 1 is 1.30 bits per heavy atom. The number of benzene rings is 1. The van der Waals surface area contributed by atoms with Gasteiger partial charge in [-0.2, -0.15) is 0 Å². The monoisotopic (exact) mass is 359 g/mol. The second-order valence-electron chi connectivity index (χ2n) is 5.16. The van der Waals surface area contributed by atoms with Crippen LogP contribution in [0.2, 0.25) is 10.0 Å². The summed E-state index contributed by atoms with van der Waals surface area (Å²) >= 11 is 11.9. The van der Waals surface area contributed by atoms with Gasteiger partial charge in [0, 0.05) is 19.1 Å². The van der Waals surface area contributed by atoms with Crippen LogP contribution in [-0.4, -0.2) is 42.8 Å². The second kappa shape index (κ2) is 8.26. The van der Waals surface area contributed by atoms with E-state index in [0.717, 1.165) is 0 Å². The number of carbonyl (C=O) groups is 2. The summed E-state index contributed by atoms with van der Waals surface area (Å²) in [6, 6.07) is 4.69. The summed E-state index contributed by atoms with van der Waals surface area (Å²) in [7, 11) is 0. The van der Waals surface area contributed by atoms with E-state index in [1.54, 1.807) is 30.0 Å². The zero-order valence-electron chi connectivity index (χ0n) is 12.8. The molecule has 0 radical (unpaired) electrons. The third-order valence-corrected chi connectivity index (χ3v) is 4.37. The molecule has 0 aliphatic carbocycles. The molecule has 2 rings (SSSR count). The van der Waals surface area contributed by atoms with Crippen LogP contribution in [-0.2, 0) is 4.74 Å². The highest BCUT2D eigenvalue weighted by molar-refractivity contribution is 6.43. The molecule has 1 aliphatic heterocycles. The molecule has 0 atom stereocenters. The number of anilines is 1. The highest BCUT2D eigenvalue weighted by Crippen LogP contribution is 2.29. The van der Waals surface area contributed by atoms with E-state index in [0.29, 0.717) is 48.3 Å². The molecule has 1 aromatic rings. The molecule has 1 aromatic carbocycles. The molecular weight excluding hydrogens is 341 g/mol. The molecule has 0 spiro atoms. The van der Waals surface area contributed by atoms with E-state index < -0.39 is 0 Å². The molecular formula is C15H19Cl2N3O3. The van der Waals surface area contributed by atoms with Crippen LogP contribution in [0.5, 0.6) is 0 Å². The van der Waals surface area contributed by atoms with E-state index in [-0.39, 0.29) is 18.2 Å². The van der Waals surface area contributed by atoms with Gasteiger partial charge in [-0.05, 0) is 31.9 Å². The number of halogens is 2. The molecule has 2 N–H and O–H groups in total. The van der Waals surface area contributed by atoms with Gasteiger partial charge in [0.2, 0.25) is 0 Å². The molecule has 1 heterocycles. The molecule has 8 heteroatoms. The molecule has 1 fully saturated rings. The maximum absolute atomic E-state index is 12.0. The Morgan fingerprint density at radius 2 is 2.00 bits per heavy atom. The van der Waals surface area contributed by atoms with Crippen LogP contribution in [0.1, 0.15) is 19.8 Å². The van der Waals surface area contributed by atoms with Crippen molar-refractivity contribution < 1.29 is 14.3 Å². The van der Waals surface area contributed by atoms with Gasteiger partial charge in [0.1, 0.15) is 0 Å². The summed E-state index contributed by atoms with van der Waals surface area (Å²) in [5, 5.41) is 6.24. The Morgan fingerprint density at radius 3 is 2.65 bits per heavy atom. The third kappa shape index (κ3) is 4.91. The third-order valence-electron chi connectivity index (χ3n) is 3.56. The first-order valence-corrected chi connectivity index (χ1v) is 8.20. The minimum Gasteiger partial charge on any atom is -0.450 e. The molecule has 0 unspecified atom stereocenters. The standard InChI is InChI=1S/C15H19Cl2N3O3/c1-2-23-15(22)20-8-6-10(7-9-20)18-14(21)19-12-5-3-4-11(16)13(12)17/h3-5,10H,2,6-9H2,1H3,(H2,18,19,21). The fraction of sp³-hybridized carbons (Fsp3) is 0.467. The number of piperidine rings is 1. The average molecular weight is 360 g/mol. The lowest BCUT2D eigenvalue weighted by atomic mass is 10.1. The first-order valence-electron chi connectivity index (χ1n) is 7.44. The number of rotatable bonds is 3. The molecule has 1 saturated heterocycles. The van der Waals surface area contributed by atoms with Crippen LogP contribution in [0, 0.1) is 0 Å². The fourth-order valence-electron chi connectivity index (χ4n) is 2.37. The van der Waals surface area contributed by atoms with Crippen molar-refractivity contribution in [1.82, 2.24) is 10.2 Å². The number of hydrogen-bond acceptors (Lipinski definition) is 3. The van der Waals surface area contributed by atoms with Crippen molar-refractivity contribution in [3.8, 4) is 0 Å². The highest BCUT2D eigenvalue weighted by Gasteiger charge is 2.24. The summed E-state index contributed by atoms with van der Waals surface area (Å²) in [6.07, 6.45) is 1.05. The Balaban J connectivity index is 1.81. The topological polar surface area (TPSA) is 70.7 Å². The number of likely N-dealkylation sites (tertiary alicyclic amines) is 1. The molecule has 0 aromatic heterocycles. The molecule has 3 amide bonds. The molecule has 23 heavy (non-hydrogen) atoms. The van der Waals surface area contributed by atoms with E-state index in [9.17, 15) is 9.59 Å². The normalized spacial score (nSPS) is 15.2. The molecule has 6 nitrogen and oxygen atoms in total. The molecule has 126 valence electrons. The minimum atomic E-state index is -0.344. The largest absolute Gasteiger partial charge is 0.450 e. The average Bonchev–Trinajstić information content (AvgIpc) is 2.53. The van der Waals surface area contributed by atoms with Crippen molar-refractivity contribution in [2.75, 3.05) is 25.0 Å². The Hall–Kier alpha value is -1.66. The van der Waals surface area contributed by atoms with Crippen molar-refractivity contribution in [3.05, 3.63) is 28.2 Å². The maximum atomic E-state index is 12.0. The summed E-state index contributed by atoms with van der Waals surface area (Å²) in [6.45, 7) is 3.25. The van der Waals surface area contributed by atoms with E-state index in [4.69, 9.17) is 27.9 Å². The SMILES string of the molecule is CCOC(=O)N1CCC(NC(=O)Nc2cccc(Cl)c2Cl)CC1. The summed E-state index contributed by atoms with van der Waals surface area (Å²) in [5.74, 6) is 0. The van der Waals surface area contributed by atoms with Crippen LogP contribution in [0.4, 0.5) is 15.3 Å². The number of nitrogens with one attached hydrogen (secondary N) is 2. The Labute approximate surface area is 145 Å². The quantitative estimate of drug-likeness (QED) is 0.863. The smallest absolute Gasteiger partial charge is 0.409 e. The van der Waals surface area contributed by atoms with Crippen molar-refractivity contribution in [3.63, 3.8) is 0 Å². The van der Waals surface area contributed by atoms with Crippen LogP contribution < -0.4 is 10.6 Å². The van der Waals surface area contributed by atoms with Crippen LogP contribution >= 0.6 is 23.2 Å². The van der Waals surface area contributed by atoms with Gasteiger partial charge < -0.3 is 20.3 Å². The van der Waals surface area contributed by atoms with E-state index >= 15 is 0 Å². The highest BCUT2D eigenvalue weighted by atomic mass is 35.5. The van der Waals surface area contributed by atoms with Crippen molar-refractivity contribution in [2.24, 2.45) is 0 Å². The molecule has 1 aliphatic rings. The number of hydrogen-bond donors (Lipinski definition) is 2. The van der Waals surface area contributed by atoms with Crippen LogP contribution in [0.3, 0.4) is 0 Å².